The van der Waals surface area contributed by atoms with E-state index in [2.05, 4.69) is 0 Å². The Morgan fingerprint density at radius 1 is 1.32 bits per heavy atom. The number of Topliss-reactive ketones (excluding diaryl/α,β-unsaturated/α-hetero) is 1. The van der Waals surface area contributed by atoms with Gasteiger partial charge in [-0.15, -0.1) is 0 Å². The summed E-state index contributed by atoms with van der Waals surface area (Å²) in [5.41, 5.74) is 0.826. The summed E-state index contributed by atoms with van der Waals surface area (Å²) < 4.78 is 5.21. The van der Waals surface area contributed by atoms with Crippen LogP contribution in [0.4, 0.5) is 0 Å². The van der Waals surface area contributed by atoms with Crippen molar-refractivity contribution in [2.45, 2.75) is 19.4 Å². The number of hydrogen-bond acceptors (Lipinski definition) is 4. The monoisotopic (exact) mass is 261 g/mol. The van der Waals surface area contributed by atoms with E-state index in [0.29, 0.717) is 0 Å². The maximum absolute atomic E-state index is 12.0. The van der Waals surface area contributed by atoms with Crippen LogP contribution in [0.15, 0.2) is 30.3 Å². The van der Waals surface area contributed by atoms with Gasteiger partial charge < -0.3 is 4.74 Å². The summed E-state index contributed by atoms with van der Waals surface area (Å²) in [6.45, 7) is 1.48. The van der Waals surface area contributed by atoms with Gasteiger partial charge in [0.25, 0.3) is 5.91 Å². The summed E-state index contributed by atoms with van der Waals surface area (Å²) in [5.74, 6) is -1.11. The van der Waals surface area contributed by atoms with Gasteiger partial charge in [0, 0.05) is 0 Å². The Kier molecular flexibility index (Phi) is 4.06. The third kappa shape index (κ3) is 3.06. The molecule has 1 heterocycles. The van der Waals surface area contributed by atoms with Crippen LogP contribution in [-0.2, 0) is 19.1 Å². The largest absolute Gasteiger partial charge is 0.369 e. The molecular formula is C14H15NO4. The van der Waals surface area contributed by atoms with Crippen molar-refractivity contribution in [1.29, 1.82) is 0 Å². The first-order chi connectivity index (χ1) is 9.09. The Labute approximate surface area is 111 Å². The molecule has 0 N–H and O–H groups in total. The molecule has 1 fully saturated rings. The number of benzene rings is 1. The number of imide groups is 1. The smallest absolute Gasteiger partial charge is 0.255 e. The van der Waals surface area contributed by atoms with Crippen molar-refractivity contribution in [1.82, 2.24) is 4.90 Å². The summed E-state index contributed by atoms with van der Waals surface area (Å²) in [5, 5.41) is 0. The molecule has 1 aliphatic heterocycles. The summed E-state index contributed by atoms with van der Waals surface area (Å²) in [6.07, 6.45) is -0.255. The van der Waals surface area contributed by atoms with E-state index in [9.17, 15) is 14.4 Å². The molecule has 0 bridgehead atoms. The summed E-state index contributed by atoms with van der Waals surface area (Å²) in [4.78, 5) is 36.1. The van der Waals surface area contributed by atoms with Crippen LogP contribution in [0, 0.1) is 0 Å². The van der Waals surface area contributed by atoms with Crippen molar-refractivity contribution in [3.63, 3.8) is 0 Å². The lowest BCUT2D eigenvalue weighted by Gasteiger charge is -2.34. The first-order valence-corrected chi connectivity index (χ1v) is 6.06. The maximum Gasteiger partial charge on any atom is 0.255 e. The van der Waals surface area contributed by atoms with Crippen LogP contribution >= 0.6 is 0 Å². The Hall–Kier alpha value is -2.01. The molecule has 0 unspecified atom stereocenters. The highest BCUT2D eigenvalue weighted by Gasteiger charge is 2.34. The predicted octanol–water partition coefficient (Wildman–Crippen LogP) is 1.09. The summed E-state index contributed by atoms with van der Waals surface area (Å²) in [7, 11) is 0. The molecule has 5 nitrogen and oxygen atoms in total. The normalized spacial score (nSPS) is 19.3. The van der Waals surface area contributed by atoms with Crippen LogP contribution in [0.3, 0.4) is 0 Å². The van der Waals surface area contributed by atoms with Gasteiger partial charge in [0.15, 0.2) is 0 Å². The third-order valence-electron chi connectivity index (χ3n) is 2.93. The Bertz CT molecular complexity index is 497. The fourth-order valence-electron chi connectivity index (χ4n) is 2.11. The zero-order valence-electron chi connectivity index (χ0n) is 10.7. The Morgan fingerprint density at radius 2 is 2.00 bits per heavy atom. The molecule has 1 aliphatic rings. The van der Waals surface area contributed by atoms with Gasteiger partial charge in [-0.25, -0.2) is 0 Å². The fourth-order valence-corrected chi connectivity index (χ4v) is 2.11. The van der Waals surface area contributed by atoms with Crippen molar-refractivity contribution >= 4 is 17.6 Å². The Morgan fingerprint density at radius 3 is 2.63 bits per heavy atom. The molecule has 1 aromatic carbocycles. The van der Waals surface area contributed by atoms with Gasteiger partial charge in [0.1, 0.15) is 12.4 Å². The highest BCUT2D eigenvalue weighted by molar-refractivity contribution is 6.04. The van der Waals surface area contributed by atoms with Crippen molar-refractivity contribution in [3.8, 4) is 0 Å². The fraction of sp³-hybridized carbons (Fsp3) is 0.357. The quantitative estimate of drug-likeness (QED) is 0.764. The standard InChI is InChI=1S/C14H15NO4/c1-10(16)7-13(17)15-12(8-19-9-14(15)18)11-5-3-2-4-6-11/h2-6,12H,7-9H2,1H3/t12-/m0/s1. The third-order valence-corrected chi connectivity index (χ3v) is 2.93. The van der Waals surface area contributed by atoms with E-state index < -0.39 is 17.9 Å². The second kappa shape index (κ2) is 5.75. The summed E-state index contributed by atoms with van der Waals surface area (Å²) >= 11 is 0. The maximum atomic E-state index is 12.0. The van der Waals surface area contributed by atoms with E-state index in [1.54, 1.807) is 0 Å². The van der Waals surface area contributed by atoms with E-state index in [4.69, 9.17) is 4.74 Å². The Balaban J connectivity index is 2.26. The average Bonchev–Trinajstić information content (AvgIpc) is 2.38. The highest BCUT2D eigenvalue weighted by atomic mass is 16.5. The molecule has 0 aliphatic carbocycles. The van der Waals surface area contributed by atoms with Crippen molar-refractivity contribution in [3.05, 3.63) is 35.9 Å². The number of rotatable bonds is 3. The molecule has 0 spiro atoms. The number of carbonyl (C=O) groups excluding carboxylic acids is 3. The van der Waals surface area contributed by atoms with Crippen LogP contribution in [0.25, 0.3) is 0 Å². The number of ether oxygens (including phenoxy) is 1. The molecule has 1 aromatic rings. The van der Waals surface area contributed by atoms with Crippen molar-refractivity contribution < 1.29 is 19.1 Å². The van der Waals surface area contributed by atoms with Crippen LogP contribution in [-0.4, -0.2) is 35.7 Å². The number of carbonyl (C=O) groups is 3. The van der Waals surface area contributed by atoms with Crippen LogP contribution < -0.4 is 0 Å². The van der Waals surface area contributed by atoms with Crippen LogP contribution in [0.1, 0.15) is 24.9 Å². The molecule has 1 saturated heterocycles. The van der Waals surface area contributed by atoms with E-state index in [-0.39, 0.29) is 25.4 Å². The molecule has 0 saturated carbocycles. The van der Waals surface area contributed by atoms with Gasteiger partial charge in [-0.2, -0.15) is 0 Å². The molecule has 1 atom stereocenters. The number of morpholine rings is 1. The minimum absolute atomic E-state index is 0.118. The number of nitrogens with zero attached hydrogens (tertiary/aromatic N) is 1. The number of amides is 2. The molecule has 19 heavy (non-hydrogen) atoms. The van der Waals surface area contributed by atoms with E-state index in [1.165, 1.54) is 6.92 Å². The SMILES string of the molecule is CC(=O)CC(=O)N1C(=O)COC[C@H]1c1ccccc1. The topological polar surface area (TPSA) is 63.7 Å². The lowest BCUT2D eigenvalue weighted by molar-refractivity contribution is -0.159. The van der Waals surface area contributed by atoms with Gasteiger partial charge in [-0.05, 0) is 12.5 Å². The lowest BCUT2D eigenvalue weighted by atomic mass is 10.0. The minimum atomic E-state index is -0.463. The highest BCUT2D eigenvalue weighted by Crippen LogP contribution is 2.25. The molecule has 2 rings (SSSR count). The van der Waals surface area contributed by atoms with E-state index in [0.717, 1.165) is 10.5 Å². The number of hydrogen-bond donors (Lipinski definition) is 0. The molecule has 2 amide bonds. The zero-order valence-corrected chi connectivity index (χ0v) is 10.7. The second-order valence-electron chi connectivity index (χ2n) is 4.48. The summed E-state index contributed by atoms with van der Waals surface area (Å²) in [6, 6.07) is 8.75. The predicted molar refractivity (Wildman–Crippen MR) is 67.2 cm³/mol. The first kappa shape index (κ1) is 13.4. The number of ketones is 1. The van der Waals surface area contributed by atoms with E-state index in [1.807, 2.05) is 30.3 Å². The van der Waals surface area contributed by atoms with Gasteiger partial charge in [0.05, 0.1) is 19.1 Å². The first-order valence-electron chi connectivity index (χ1n) is 6.06. The van der Waals surface area contributed by atoms with Gasteiger partial charge in [-0.3, -0.25) is 19.3 Å². The van der Waals surface area contributed by atoms with Crippen molar-refractivity contribution in [2.75, 3.05) is 13.2 Å². The van der Waals surface area contributed by atoms with Crippen LogP contribution in [0.2, 0.25) is 0 Å². The lowest BCUT2D eigenvalue weighted by Crippen LogP contribution is -2.48. The van der Waals surface area contributed by atoms with Gasteiger partial charge in [0.2, 0.25) is 5.91 Å². The molecule has 0 aromatic heterocycles. The molecule has 0 radical (unpaired) electrons. The average molecular weight is 261 g/mol. The molecule has 100 valence electrons. The van der Waals surface area contributed by atoms with Gasteiger partial charge >= 0.3 is 0 Å². The van der Waals surface area contributed by atoms with Gasteiger partial charge in [-0.1, -0.05) is 30.3 Å². The zero-order chi connectivity index (χ0) is 13.8. The second-order valence-corrected chi connectivity index (χ2v) is 4.48. The van der Waals surface area contributed by atoms with Crippen molar-refractivity contribution in [2.24, 2.45) is 0 Å². The molecular weight excluding hydrogens is 246 g/mol. The van der Waals surface area contributed by atoms with E-state index >= 15 is 0 Å². The van der Waals surface area contributed by atoms with Crippen LogP contribution in [0.5, 0.6) is 0 Å². The minimum Gasteiger partial charge on any atom is -0.369 e. The molecule has 5 heteroatoms.